The first-order chi connectivity index (χ1) is 11.5. The number of methoxy groups -OCH3 is 1. The van der Waals surface area contributed by atoms with Crippen molar-refractivity contribution < 1.29 is 23.1 Å². The number of hydrogen-bond acceptors (Lipinski definition) is 6. The fraction of sp³-hybridized carbons (Fsp3) is 0.0667. The molecule has 0 fully saturated rings. The van der Waals surface area contributed by atoms with Crippen LogP contribution in [0.25, 0.3) is 16.4 Å². The minimum absolute atomic E-state index is 0.0826. The SMILES string of the molecule is COC(=O)c1csc(-n2nc(-c3ccc(F)c(F)c3)cc2C=O)n1. The van der Waals surface area contributed by atoms with Gasteiger partial charge in [-0.3, -0.25) is 4.79 Å². The van der Waals surface area contributed by atoms with E-state index in [0.29, 0.717) is 11.8 Å². The molecule has 0 spiro atoms. The van der Waals surface area contributed by atoms with E-state index in [-0.39, 0.29) is 22.2 Å². The Labute approximate surface area is 138 Å². The summed E-state index contributed by atoms with van der Waals surface area (Å²) in [5.41, 5.74) is 0.811. The molecule has 1 aromatic carbocycles. The lowest BCUT2D eigenvalue weighted by molar-refractivity contribution is 0.0595. The van der Waals surface area contributed by atoms with Crippen LogP contribution < -0.4 is 0 Å². The number of aldehydes is 1. The molecule has 6 nitrogen and oxygen atoms in total. The van der Waals surface area contributed by atoms with E-state index in [0.717, 1.165) is 23.5 Å². The Morgan fingerprint density at radius 2 is 2.08 bits per heavy atom. The van der Waals surface area contributed by atoms with E-state index in [1.807, 2.05) is 0 Å². The van der Waals surface area contributed by atoms with Crippen molar-refractivity contribution in [3.8, 4) is 16.4 Å². The molecule has 24 heavy (non-hydrogen) atoms. The maximum atomic E-state index is 13.4. The fourth-order valence-corrected chi connectivity index (χ4v) is 2.75. The number of aromatic nitrogens is 3. The van der Waals surface area contributed by atoms with Crippen LogP contribution in [0.4, 0.5) is 8.78 Å². The molecular weight excluding hydrogens is 340 g/mol. The van der Waals surface area contributed by atoms with Gasteiger partial charge in [0.15, 0.2) is 23.6 Å². The number of esters is 1. The number of benzene rings is 1. The monoisotopic (exact) mass is 349 g/mol. The van der Waals surface area contributed by atoms with Crippen molar-refractivity contribution in [2.24, 2.45) is 0 Å². The first-order valence-electron chi connectivity index (χ1n) is 6.58. The lowest BCUT2D eigenvalue weighted by atomic mass is 10.1. The van der Waals surface area contributed by atoms with Crippen molar-refractivity contribution >= 4 is 23.6 Å². The molecule has 3 rings (SSSR count). The molecule has 122 valence electrons. The van der Waals surface area contributed by atoms with E-state index in [4.69, 9.17) is 0 Å². The number of thiazole rings is 1. The molecule has 0 unspecified atom stereocenters. The van der Waals surface area contributed by atoms with E-state index in [2.05, 4.69) is 14.8 Å². The molecule has 0 aliphatic carbocycles. The highest BCUT2D eigenvalue weighted by Crippen LogP contribution is 2.24. The Kier molecular flexibility index (Phi) is 4.17. The average molecular weight is 349 g/mol. The highest BCUT2D eigenvalue weighted by Gasteiger charge is 2.17. The molecule has 2 aromatic heterocycles. The van der Waals surface area contributed by atoms with Crippen LogP contribution in [0.1, 0.15) is 21.0 Å². The number of carbonyl (C=O) groups is 2. The number of hydrogen-bond donors (Lipinski definition) is 0. The maximum absolute atomic E-state index is 13.4. The van der Waals surface area contributed by atoms with Crippen LogP contribution in [-0.2, 0) is 4.74 Å². The molecule has 0 aliphatic rings. The molecule has 0 radical (unpaired) electrons. The normalized spacial score (nSPS) is 10.6. The van der Waals surface area contributed by atoms with E-state index in [1.54, 1.807) is 0 Å². The summed E-state index contributed by atoms with van der Waals surface area (Å²) in [6.07, 6.45) is 0.551. The third kappa shape index (κ3) is 2.81. The molecule has 0 saturated carbocycles. The van der Waals surface area contributed by atoms with E-state index in [1.165, 1.54) is 29.3 Å². The van der Waals surface area contributed by atoms with Crippen molar-refractivity contribution in [3.63, 3.8) is 0 Å². The largest absolute Gasteiger partial charge is 0.464 e. The Balaban J connectivity index is 2.04. The predicted octanol–water partition coefficient (Wildman–Crippen LogP) is 2.87. The zero-order valence-corrected chi connectivity index (χ0v) is 13.0. The van der Waals surface area contributed by atoms with Crippen LogP contribution in [0, 0.1) is 11.6 Å². The third-order valence-corrected chi connectivity index (χ3v) is 3.96. The van der Waals surface area contributed by atoms with Gasteiger partial charge in [-0.05, 0) is 24.3 Å². The summed E-state index contributed by atoms with van der Waals surface area (Å²) in [5.74, 6) is -2.61. The first-order valence-corrected chi connectivity index (χ1v) is 7.46. The summed E-state index contributed by atoms with van der Waals surface area (Å²) in [5, 5.41) is 5.92. The molecule has 0 saturated heterocycles. The van der Waals surface area contributed by atoms with Gasteiger partial charge in [-0.15, -0.1) is 11.3 Å². The van der Waals surface area contributed by atoms with Crippen molar-refractivity contribution in [3.05, 3.63) is 52.7 Å². The smallest absolute Gasteiger partial charge is 0.357 e. The van der Waals surface area contributed by atoms with Gasteiger partial charge in [-0.25, -0.2) is 23.2 Å². The van der Waals surface area contributed by atoms with Gasteiger partial charge in [-0.1, -0.05) is 0 Å². The Morgan fingerprint density at radius 3 is 2.75 bits per heavy atom. The second-order valence-corrected chi connectivity index (χ2v) is 5.46. The van der Waals surface area contributed by atoms with Crippen molar-refractivity contribution in [2.75, 3.05) is 7.11 Å². The summed E-state index contributed by atoms with van der Waals surface area (Å²) < 4.78 is 32.2. The summed E-state index contributed by atoms with van der Waals surface area (Å²) >= 11 is 1.09. The summed E-state index contributed by atoms with van der Waals surface area (Å²) in [7, 11) is 1.23. The van der Waals surface area contributed by atoms with E-state index < -0.39 is 17.6 Å². The highest BCUT2D eigenvalue weighted by atomic mass is 32.1. The molecule has 0 bridgehead atoms. The predicted molar refractivity (Wildman–Crippen MR) is 81.3 cm³/mol. The van der Waals surface area contributed by atoms with Gasteiger partial charge in [-0.2, -0.15) is 5.10 Å². The first kappa shape index (κ1) is 15.9. The van der Waals surface area contributed by atoms with Crippen molar-refractivity contribution in [1.82, 2.24) is 14.8 Å². The van der Waals surface area contributed by atoms with Crippen LogP contribution in [0.5, 0.6) is 0 Å². The van der Waals surface area contributed by atoms with Crippen LogP contribution in [0.15, 0.2) is 29.6 Å². The van der Waals surface area contributed by atoms with Crippen molar-refractivity contribution in [2.45, 2.75) is 0 Å². The number of ether oxygens (including phenoxy) is 1. The van der Waals surface area contributed by atoms with Gasteiger partial charge in [0, 0.05) is 10.9 Å². The van der Waals surface area contributed by atoms with E-state index >= 15 is 0 Å². The molecule has 3 aromatic rings. The standard InChI is InChI=1S/C15H9F2N3O3S/c1-23-14(22)13-7-24-15(18-13)20-9(6-21)5-12(19-20)8-2-3-10(16)11(17)4-8/h2-7H,1H3. The lowest BCUT2D eigenvalue weighted by Crippen LogP contribution is -2.04. The number of rotatable bonds is 4. The van der Waals surface area contributed by atoms with Crippen LogP contribution >= 0.6 is 11.3 Å². The second kappa shape index (κ2) is 6.28. The Bertz CT molecular complexity index is 936. The molecule has 0 aliphatic heterocycles. The Hall–Kier alpha value is -2.94. The van der Waals surface area contributed by atoms with Gasteiger partial charge in [0.2, 0.25) is 5.13 Å². The second-order valence-electron chi connectivity index (χ2n) is 4.62. The topological polar surface area (TPSA) is 74.1 Å². The minimum atomic E-state index is -1.02. The van der Waals surface area contributed by atoms with Crippen LogP contribution in [-0.4, -0.2) is 34.1 Å². The zero-order chi connectivity index (χ0) is 17.3. The third-order valence-electron chi connectivity index (χ3n) is 3.14. The average Bonchev–Trinajstić information content (AvgIpc) is 3.22. The van der Waals surface area contributed by atoms with Gasteiger partial charge < -0.3 is 4.74 Å². The number of halogens is 2. The van der Waals surface area contributed by atoms with Crippen LogP contribution in [0.3, 0.4) is 0 Å². The summed E-state index contributed by atoms with van der Waals surface area (Å²) in [6, 6.07) is 4.72. The molecule has 0 amide bonds. The van der Waals surface area contributed by atoms with E-state index in [9.17, 15) is 18.4 Å². The highest BCUT2D eigenvalue weighted by molar-refractivity contribution is 7.12. The molecular formula is C15H9F2N3O3S. The quantitative estimate of drug-likeness (QED) is 0.535. The summed E-state index contributed by atoms with van der Waals surface area (Å²) in [6.45, 7) is 0. The summed E-state index contributed by atoms with van der Waals surface area (Å²) in [4.78, 5) is 26.8. The van der Waals surface area contributed by atoms with Crippen molar-refractivity contribution in [1.29, 1.82) is 0 Å². The lowest BCUT2D eigenvalue weighted by Gasteiger charge is -1.99. The molecule has 0 N–H and O–H groups in total. The van der Waals surface area contributed by atoms with Crippen LogP contribution in [0.2, 0.25) is 0 Å². The van der Waals surface area contributed by atoms with Gasteiger partial charge in [0.25, 0.3) is 0 Å². The zero-order valence-electron chi connectivity index (χ0n) is 12.2. The van der Waals surface area contributed by atoms with Gasteiger partial charge in [0.1, 0.15) is 5.69 Å². The Morgan fingerprint density at radius 1 is 1.29 bits per heavy atom. The molecule has 9 heteroatoms. The number of carbonyl (C=O) groups excluding carboxylic acids is 2. The molecule has 2 heterocycles. The fourth-order valence-electron chi connectivity index (χ4n) is 1.99. The molecule has 0 atom stereocenters. The van der Waals surface area contributed by atoms with Gasteiger partial charge in [0.05, 0.1) is 12.8 Å². The minimum Gasteiger partial charge on any atom is -0.464 e. The van der Waals surface area contributed by atoms with Gasteiger partial charge >= 0.3 is 5.97 Å². The number of nitrogens with zero attached hydrogens (tertiary/aromatic N) is 3. The maximum Gasteiger partial charge on any atom is 0.357 e.